The first kappa shape index (κ1) is 14.6. The molecular formula is C15H22ClFN2. The molecule has 0 atom stereocenters. The van der Waals surface area contributed by atoms with Crippen LogP contribution < -0.4 is 4.90 Å². The summed E-state index contributed by atoms with van der Waals surface area (Å²) in [7, 11) is 0. The third-order valence-corrected chi connectivity index (χ3v) is 3.94. The molecule has 1 aliphatic carbocycles. The lowest BCUT2D eigenvalue weighted by molar-refractivity contribution is 0.528. The highest BCUT2D eigenvalue weighted by Gasteiger charge is 2.26. The number of hydrogen-bond acceptors (Lipinski definition) is 2. The van der Waals surface area contributed by atoms with Gasteiger partial charge >= 0.3 is 0 Å². The zero-order valence-electron chi connectivity index (χ0n) is 11.7. The summed E-state index contributed by atoms with van der Waals surface area (Å²) in [5.41, 5.74) is 0.800. The first-order valence-corrected chi connectivity index (χ1v) is 7.62. The van der Waals surface area contributed by atoms with E-state index in [1.165, 1.54) is 37.9 Å². The summed E-state index contributed by atoms with van der Waals surface area (Å²) in [5, 5.41) is 0. The van der Waals surface area contributed by atoms with Crippen LogP contribution in [0.1, 0.15) is 45.1 Å². The molecule has 1 heterocycles. The van der Waals surface area contributed by atoms with Crippen LogP contribution in [0, 0.1) is 11.7 Å². The molecule has 0 aliphatic heterocycles. The van der Waals surface area contributed by atoms with E-state index < -0.39 is 0 Å². The summed E-state index contributed by atoms with van der Waals surface area (Å²) in [6.07, 6.45) is 6.25. The van der Waals surface area contributed by atoms with Crippen molar-refractivity contribution in [1.29, 1.82) is 0 Å². The fourth-order valence-corrected chi connectivity index (χ4v) is 3.05. The number of anilines is 1. The van der Waals surface area contributed by atoms with Crippen LogP contribution in [0.25, 0.3) is 0 Å². The van der Waals surface area contributed by atoms with Gasteiger partial charge in [-0.15, -0.1) is 11.6 Å². The number of rotatable bonds is 5. The molecule has 1 aliphatic rings. The number of pyridine rings is 1. The maximum absolute atomic E-state index is 13.3. The molecule has 0 unspecified atom stereocenters. The van der Waals surface area contributed by atoms with Gasteiger partial charge in [-0.2, -0.15) is 0 Å². The summed E-state index contributed by atoms with van der Waals surface area (Å²) in [5.74, 6) is 1.42. The second kappa shape index (κ2) is 6.56. The van der Waals surface area contributed by atoms with E-state index in [4.69, 9.17) is 11.6 Å². The molecular weight excluding hydrogens is 263 g/mol. The van der Waals surface area contributed by atoms with Crippen LogP contribution >= 0.6 is 11.6 Å². The minimum absolute atomic E-state index is 0.307. The zero-order valence-corrected chi connectivity index (χ0v) is 12.5. The molecule has 0 amide bonds. The predicted molar refractivity (Wildman–Crippen MR) is 78.2 cm³/mol. The van der Waals surface area contributed by atoms with E-state index in [0.717, 1.165) is 17.9 Å². The van der Waals surface area contributed by atoms with Crippen LogP contribution in [0.2, 0.25) is 0 Å². The van der Waals surface area contributed by atoms with Gasteiger partial charge in [-0.3, -0.25) is 0 Å². The molecule has 0 saturated heterocycles. The quantitative estimate of drug-likeness (QED) is 0.747. The van der Waals surface area contributed by atoms with Gasteiger partial charge in [0.1, 0.15) is 11.6 Å². The lowest BCUT2D eigenvalue weighted by Gasteiger charge is -2.33. The number of halogens is 2. The van der Waals surface area contributed by atoms with Gasteiger partial charge in [0.05, 0.1) is 12.1 Å². The summed E-state index contributed by atoms with van der Waals surface area (Å²) in [6, 6.07) is 2.04. The maximum atomic E-state index is 13.3. The number of nitrogens with zero attached hydrogens (tertiary/aromatic N) is 2. The summed E-state index contributed by atoms with van der Waals surface area (Å²) in [4.78, 5) is 6.66. The third-order valence-electron chi connectivity index (χ3n) is 3.65. The van der Waals surface area contributed by atoms with Crippen molar-refractivity contribution in [2.75, 3.05) is 11.4 Å². The van der Waals surface area contributed by atoms with Crippen molar-refractivity contribution in [3.8, 4) is 0 Å². The average Bonchev–Trinajstić information content (AvgIpc) is 2.89. The van der Waals surface area contributed by atoms with Crippen molar-refractivity contribution < 1.29 is 4.39 Å². The van der Waals surface area contributed by atoms with Gasteiger partial charge in [0.25, 0.3) is 0 Å². The van der Waals surface area contributed by atoms with Crippen LogP contribution in [-0.2, 0) is 5.88 Å². The van der Waals surface area contributed by atoms with E-state index in [1.807, 2.05) is 0 Å². The molecule has 0 aromatic carbocycles. The molecule has 4 heteroatoms. The highest BCUT2D eigenvalue weighted by molar-refractivity contribution is 6.17. The van der Waals surface area contributed by atoms with E-state index in [9.17, 15) is 4.39 Å². The van der Waals surface area contributed by atoms with E-state index in [0.29, 0.717) is 17.8 Å². The molecule has 0 radical (unpaired) electrons. The largest absolute Gasteiger partial charge is 0.353 e. The van der Waals surface area contributed by atoms with Crippen molar-refractivity contribution in [2.24, 2.45) is 5.92 Å². The molecule has 1 aromatic heterocycles. The minimum atomic E-state index is -0.310. The first-order valence-electron chi connectivity index (χ1n) is 7.09. The smallest absolute Gasteiger partial charge is 0.141 e. The summed E-state index contributed by atoms with van der Waals surface area (Å²) >= 11 is 5.96. The Morgan fingerprint density at radius 1 is 1.42 bits per heavy atom. The zero-order chi connectivity index (χ0) is 13.8. The van der Waals surface area contributed by atoms with Crippen molar-refractivity contribution in [2.45, 2.75) is 51.5 Å². The van der Waals surface area contributed by atoms with Crippen molar-refractivity contribution in [3.63, 3.8) is 0 Å². The van der Waals surface area contributed by atoms with Gasteiger partial charge in [-0.1, -0.05) is 26.7 Å². The van der Waals surface area contributed by atoms with Gasteiger partial charge < -0.3 is 4.90 Å². The molecule has 0 spiro atoms. The monoisotopic (exact) mass is 284 g/mol. The van der Waals surface area contributed by atoms with E-state index in [2.05, 4.69) is 23.7 Å². The van der Waals surface area contributed by atoms with Gasteiger partial charge in [-0.05, 0) is 24.8 Å². The van der Waals surface area contributed by atoms with Gasteiger partial charge in [0.15, 0.2) is 0 Å². The van der Waals surface area contributed by atoms with Crippen molar-refractivity contribution in [3.05, 3.63) is 23.6 Å². The SMILES string of the molecule is CC(C)CN(c1ncc(F)cc1CCl)C1CCCC1. The third kappa shape index (κ3) is 3.59. The van der Waals surface area contributed by atoms with Crippen LogP contribution in [0.4, 0.5) is 10.2 Å². The molecule has 1 saturated carbocycles. The number of aromatic nitrogens is 1. The Hall–Kier alpha value is -0.830. The van der Waals surface area contributed by atoms with Crippen LogP contribution in [0.3, 0.4) is 0 Å². The van der Waals surface area contributed by atoms with Crippen molar-refractivity contribution in [1.82, 2.24) is 4.98 Å². The van der Waals surface area contributed by atoms with Gasteiger partial charge in [-0.25, -0.2) is 9.37 Å². The minimum Gasteiger partial charge on any atom is -0.353 e. The van der Waals surface area contributed by atoms with Crippen molar-refractivity contribution >= 4 is 17.4 Å². The second-order valence-electron chi connectivity index (χ2n) is 5.75. The standard InChI is InChI=1S/C15H22ClFN2/c1-11(2)10-19(14-5-3-4-6-14)15-12(8-16)7-13(17)9-18-15/h7,9,11,14H,3-6,8,10H2,1-2H3. The topological polar surface area (TPSA) is 16.1 Å². The Morgan fingerprint density at radius 3 is 2.68 bits per heavy atom. The highest BCUT2D eigenvalue weighted by atomic mass is 35.5. The lowest BCUT2D eigenvalue weighted by Crippen LogP contribution is -2.37. The average molecular weight is 285 g/mol. The number of hydrogen-bond donors (Lipinski definition) is 0. The molecule has 106 valence electrons. The summed E-state index contributed by atoms with van der Waals surface area (Å²) < 4.78 is 13.3. The summed E-state index contributed by atoms with van der Waals surface area (Å²) in [6.45, 7) is 5.35. The highest BCUT2D eigenvalue weighted by Crippen LogP contribution is 2.30. The molecule has 1 aromatic rings. The van der Waals surface area contributed by atoms with Crippen LogP contribution in [-0.4, -0.2) is 17.6 Å². The lowest BCUT2D eigenvalue weighted by atomic mass is 10.1. The number of alkyl halides is 1. The van der Waals surface area contributed by atoms with Gasteiger partial charge in [0.2, 0.25) is 0 Å². The normalized spacial score (nSPS) is 16.3. The predicted octanol–water partition coefficient (Wildman–Crippen LogP) is 4.36. The Morgan fingerprint density at radius 2 is 2.11 bits per heavy atom. The second-order valence-corrected chi connectivity index (χ2v) is 6.02. The fourth-order valence-electron chi connectivity index (χ4n) is 2.85. The molecule has 19 heavy (non-hydrogen) atoms. The maximum Gasteiger partial charge on any atom is 0.141 e. The Balaban J connectivity index is 2.30. The Kier molecular flexibility index (Phi) is 5.03. The van der Waals surface area contributed by atoms with E-state index >= 15 is 0 Å². The Labute approximate surface area is 120 Å². The van der Waals surface area contributed by atoms with E-state index in [-0.39, 0.29) is 5.82 Å². The van der Waals surface area contributed by atoms with Gasteiger partial charge in [0, 0.05) is 18.2 Å². The fraction of sp³-hybridized carbons (Fsp3) is 0.667. The van der Waals surface area contributed by atoms with E-state index in [1.54, 1.807) is 0 Å². The molecule has 0 bridgehead atoms. The molecule has 2 rings (SSSR count). The Bertz CT molecular complexity index is 417. The van der Waals surface area contributed by atoms with Crippen LogP contribution in [0.5, 0.6) is 0 Å². The molecule has 1 fully saturated rings. The molecule has 2 nitrogen and oxygen atoms in total. The van der Waals surface area contributed by atoms with Crippen LogP contribution in [0.15, 0.2) is 12.3 Å². The first-order chi connectivity index (χ1) is 9.11. The molecule has 0 N–H and O–H groups in total.